The van der Waals surface area contributed by atoms with E-state index < -0.39 is 36.9 Å². The van der Waals surface area contributed by atoms with Crippen LogP contribution in [0.3, 0.4) is 0 Å². The molecule has 5 N–H and O–H groups in total. The van der Waals surface area contributed by atoms with Gasteiger partial charge >= 0.3 is 0 Å². The molecule has 4 unspecified atom stereocenters. The molecule has 0 radical (unpaired) electrons. The van der Waals surface area contributed by atoms with E-state index in [-0.39, 0.29) is 0 Å². The van der Waals surface area contributed by atoms with E-state index in [4.69, 9.17) is 0 Å². The molecule has 55 heavy (non-hydrogen) atoms. The third-order valence-corrected chi connectivity index (χ3v) is 12.1. The molecule has 6 nitrogen and oxygen atoms in total. The first-order valence-electron chi connectivity index (χ1n) is 24.9. The SMILES string of the molecule is CCCCCCCCCCCCCCCCCCCCCCCCC(O)C(=O)NC(CO)C(O)C(O)CCCCCCCCCCCCCCCCCCC. The average molecular weight is 782 g/mol. The number of aliphatic hydroxyl groups is 4. The molecule has 0 rings (SSSR count). The average Bonchev–Trinajstić information content (AvgIpc) is 3.19. The molecule has 0 aliphatic rings. The molecule has 0 aromatic carbocycles. The van der Waals surface area contributed by atoms with Crippen LogP contribution < -0.4 is 5.32 Å². The predicted molar refractivity (Wildman–Crippen MR) is 238 cm³/mol. The number of amides is 1. The number of rotatable bonds is 46. The molecular weight excluding hydrogens is 683 g/mol. The maximum atomic E-state index is 12.5. The van der Waals surface area contributed by atoms with Gasteiger partial charge in [-0.2, -0.15) is 0 Å². The Hall–Kier alpha value is -0.690. The molecule has 0 fully saturated rings. The second-order valence-corrected chi connectivity index (χ2v) is 17.5. The first kappa shape index (κ1) is 54.3. The number of hydrogen-bond acceptors (Lipinski definition) is 5. The van der Waals surface area contributed by atoms with Gasteiger partial charge in [-0.15, -0.1) is 0 Å². The molecule has 0 saturated heterocycles. The molecule has 0 spiro atoms. The number of carbonyl (C=O) groups excluding carboxylic acids is 1. The minimum atomic E-state index is -1.25. The minimum absolute atomic E-state index is 0.376. The van der Waals surface area contributed by atoms with Crippen molar-refractivity contribution in [3.8, 4) is 0 Å². The van der Waals surface area contributed by atoms with Crippen molar-refractivity contribution in [3.63, 3.8) is 0 Å². The van der Waals surface area contributed by atoms with Crippen molar-refractivity contribution in [1.82, 2.24) is 5.32 Å². The van der Waals surface area contributed by atoms with Gasteiger partial charge in [0, 0.05) is 0 Å². The second kappa shape index (κ2) is 44.4. The normalized spacial score (nSPS) is 13.9. The lowest BCUT2D eigenvalue weighted by Crippen LogP contribution is -2.53. The Morgan fingerprint density at radius 3 is 0.873 bits per heavy atom. The Labute approximate surface area is 343 Å². The zero-order chi connectivity index (χ0) is 40.3. The highest BCUT2D eigenvalue weighted by Crippen LogP contribution is 2.18. The van der Waals surface area contributed by atoms with Crippen LogP contribution in [-0.2, 0) is 4.79 Å². The first-order valence-corrected chi connectivity index (χ1v) is 24.9. The van der Waals surface area contributed by atoms with Gasteiger partial charge in [-0.3, -0.25) is 4.79 Å². The molecule has 0 aromatic rings. The summed E-state index contributed by atoms with van der Waals surface area (Å²) in [4.78, 5) is 12.5. The molecule has 0 aliphatic carbocycles. The number of hydrogen-bond donors (Lipinski definition) is 5. The molecule has 330 valence electrons. The Balaban J connectivity index is 3.63. The van der Waals surface area contributed by atoms with Crippen LogP contribution in [0.2, 0.25) is 0 Å². The summed E-state index contributed by atoms with van der Waals surface area (Å²) in [5.41, 5.74) is 0. The fourth-order valence-electron chi connectivity index (χ4n) is 8.11. The standard InChI is InChI=1S/C49H99NO5/c1-3-5-7-9-11-13-15-17-19-21-22-23-24-25-27-29-31-33-35-37-39-41-43-47(53)49(55)50-45(44-51)48(54)46(52)42-40-38-36-34-32-30-28-26-20-18-16-14-12-10-8-6-4-2/h45-48,51-54H,3-44H2,1-2H3,(H,50,55). The fraction of sp³-hybridized carbons (Fsp3) is 0.980. The Morgan fingerprint density at radius 2 is 0.618 bits per heavy atom. The molecule has 0 saturated carbocycles. The highest BCUT2D eigenvalue weighted by molar-refractivity contribution is 5.80. The summed E-state index contributed by atoms with van der Waals surface area (Å²) >= 11 is 0. The van der Waals surface area contributed by atoms with Crippen molar-refractivity contribution in [2.45, 2.75) is 301 Å². The van der Waals surface area contributed by atoms with Crippen LogP contribution in [0.15, 0.2) is 0 Å². The molecule has 6 heteroatoms. The molecule has 0 bridgehead atoms. The zero-order valence-electron chi connectivity index (χ0n) is 37.2. The lowest BCUT2D eigenvalue weighted by Gasteiger charge is -2.27. The second-order valence-electron chi connectivity index (χ2n) is 17.5. The third kappa shape index (κ3) is 38.6. The van der Waals surface area contributed by atoms with Crippen molar-refractivity contribution in [2.75, 3.05) is 6.61 Å². The summed E-state index contributed by atoms with van der Waals surface area (Å²) in [7, 11) is 0. The Morgan fingerprint density at radius 1 is 0.382 bits per heavy atom. The van der Waals surface area contributed by atoms with E-state index in [1.54, 1.807) is 0 Å². The maximum absolute atomic E-state index is 12.5. The van der Waals surface area contributed by atoms with Crippen LogP contribution in [0, 0.1) is 0 Å². The van der Waals surface area contributed by atoms with Crippen LogP contribution in [0.5, 0.6) is 0 Å². The smallest absolute Gasteiger partial charge is 0.249 e. The monoisotopic (exact) mass is 782 g/mol. The lowest BCUT2D eigenvalue weighted by molar-refractivity contribution is -0.132. The number of aliphatic hydroxyl groups excluding tert-OH is 4. The lowest BCUT2D eigenvalue weighted by atomic mass is 9.99. The number of nitrogens with one attached hydrogen (secondary N) is 1. The summed E-state index contributed by atoms with van der Waals surface area (Å²) in [5.74, 6) is -0.577. The van der Waals surface area contributed by atoms with Gasteiger partial charge in [-0.25, -0.2) is 0 Å². The van der Waals surface area contributed by atoms with Crippen molar-refractivity contribution >= 4 is 5.91 Å². The van der Waals surface area contributed by atoms with E-state index in [2.05, 4.69) is 19.2 Å². The van der Waals surface area contributed by atoms with Crippen LogP contribution in [-0.4, -0.2) is 57.3 Å². The largest absolute Gasteiger partial charge is 0.394 e. The summed E-state index contributed by atoms with van der Waals surface area (Å²) in [6.45, 7) is 4.08. The molecule has 1 amide bonds. The van der Waals surface area contributed by atoms with E-state index in [0.29, 0.717) is 12.8 Å². The van der Waals surface area contributed by atoms with E-state index >= 15 is 0 Å². The Kier molecular flexibility index (Phi) is 43.9. The maximum Gasteiger partial charge on any atom is 0.249 e. The molecule has 4 atom stereocenters. The summed E-state index contributed by atoms with van der Waals surface area (Å²) in [6, 6.07) is -0.979. The van der Waals surface area contributed by atoms with E-state index in [1.807, 2.05) is 0 Å². The van der Waals surface area contributed by atoms with Crippen molar-refractivity contribution in [3.05, 3.63) is 0 Å². The predicted octanol–water partition coefficient (Wildman–Crippen LogP) is 13.6. The number of carbonyl (C=O) groups is 1. The third-order valence-electron chi connectivity index (χ3n) is 12.1. The van der Waals surface area contributed by atoms with E-state index in [1.165, 1.54) is 212 Å². The van der Waals surface area contributed by atoms with Crippen LogP contribution in [0.25, 0.3) is 0 Å². The summed E-state index contributed by atoms with van der Waals surface area (Å²) in [6.07, 6.45) is 48.6. The van der Waals surface area contributed by atoms with Crippen LogP contribution in [0.1, 0.15) is 277 Å². The topological polar surface area (TPSA) is 110 Å². The van der Waals surface area contributed by atoms with Crippen LogP contribution >= 0.6 is 0 Å². The summed E-state index contributed by atoms with van der Waals surface area (Å²) in [5, 5.41) is 43.9. The first-order chi connectivity index (χ1) is 27.0. The summed E-state index contributed by atoms with van der Waals surface area (Å²) < 4.78 is 0. The van der Waals surface area contributed by atoms with Gasteiger partial charge in [0.2, 0.25) is 5.91 Å². The Bertz CT molecular complexity index is 751. The van der Waals surface area contributed by atoms with Gasteiger partial charge in [0.05, 0.1) is 18.8 Å². The van der Waals surface area contributed by atoms with Gasteiger partial charge in [0.1, 0.15) is 12.2 Å². The number of unbranched alkanes of at least 4 members (excludes halogenated alkanes) is 37. The van der Waals surface area contributed by atoms with Gasteiger partial charge in [-0.05, 0) is 12.8 Å². The zero-order valence-corrected chi connectivity index (χ0v) is 37.2. The fourth-order valence-corrected chi connectivity index (χ4v) is 8.11. The van der Waals surface area contributed by atoms with Crippen LogP contribution in [0.4, 0.5) is 0 Å². The van der Waals surface area contributed by atoms with E-state index in [9.17, 15) is 25.2 Å². The highest BCUT2D eigenvalue weighted by atomic mass is 16.3. The van der Waals surface area contributed by atoms with Gasteiger partial charge in [0.25, 0.3) is 0 Å². The van der Waals surface area contributed by atoms with E-state index in [0.717, 1.165) is 38.5 Å². The molecular formula is C49H99NO5. The van der Waals surface area contributed by atoms with Crippen molar-refractivity contribution in [2.24, 2.45) is 0 Å². The van der Waals surface area contributed by atoms with Gasteiger partial charge < -0.3 is 25.7 Å². The molecule has 0 aromatic heterocycles. The molecule has 0 heterocycles. The van der Waals surface area contributed by atoms with Gasteiger partial charge in [0.15, 0.2) is 0 Å². The van der Waals surface area contributed by atoms with Crippen molar-refractivity contribution < 1.29 is 25.2 Å². The highest BCUT2D eigenvalue weighted by Gasteiger charge is 2.28. The van der Waals surface area contributed by atoms with Gasteiger partial charge in [-0.1, -0.05) is 264 Å². The molecule has 0 aliphatic heterocycles. The quantitative estimate of drug-likeness (QED) is 0.0395. The van der Waals surface area contributed by atoms with Crippen molar-refractivity contribution in [1.29, 1.82) is 0 Å². The minimum Gasteiger partial charge on any atom is -0.394 e.